The number of benzene rings is 2. The molecule has 2 aromatic carbocycles. The van der Waals surface area contributed by atoms with Gasteiger partial charge in [0.15, 0.2) is 0 Å². The van der Waals surface area contributed by atoms with Crippen LogP contribution in [-0.4, -0.2) is 27.4 Å². The van der Waals surface area contributed by atoms with Crippen LogP contribution < -0.4 is 10.0 Å². The molecule has 1 aliphatic carbocycles. The van der Waals surface area contributed by atoms with E-state index in [1.807, 2.05) is 0 Å². The Bertz CT molecular complexity index is 1270. The zero-order valence-corrected chi connectivity index (χ0v) is 19.0. The van der Waals surface area contributed by atoms with Crippen LogP contribution in [0.1, 0.15) is 44.0 Å². The maximum atomic E-state index is 13.1. The highest BCUT2D eigenvalue weighted by molar-refractivity contribution is 7.92. The Morgan fingerprint density at radius 2 is 1.66 bits per heavy atom. The largest absolute Gasteiger partial charge is 0.465 e. The molecule has 1 aromatic heterocycles. The number of esters is 1. The molecule has 2 N–H and O–H groups in total. The molecule has 32 heavy (non-hydrogen) atoms. The molecule has 3 aromatic rings. The maximum Gasteiger partial charge on any atom is 0.341 e. The van der Waals surface area contributed by atoms with Gasteiger partial charge < -0.3 is 10.1 Å². The van der Waals surface area contributed by atoms with Gasteiger partial charge >= 0.3 is 5.97 Å². The lowest BCUT2D eigenvalue weighted by molar-refractivity contribution is 0.0601. The molecule has 166 valence electrons. The van der Waals surface area contributed by atoms with E-state index in [0.29, 0.717) is 10.6 Å². The van der Waals surface area contributed by atoms with Gasteiger partial charge in [0.05, 0.1) is 28.8 Å². The lowest BCUT2D eigenvalue weighted by Gasteiger charge is -2.13. The number of para-hydroxylation sites is 1. The molecule has 1 heterocycles. The number of anilines is 2. The summed E-state index contributed by atoms with van der Waals surface area (Å²) < 4.78 is 32.9. The molecule has 0 bridgehead atoms. The number of carbonyl (C=O) groups excluding carboxylic acids is 2. The summed E-state index contributed by atoms with van der Waals surface area (Å²) >= 11 is 1.37. The van der Waals surface area contributed by atoms with Crippen LogP contribution in [0.5, 0.6) is 0 Å². The number of amides is 1. The van der Waals surface area contributed by atoms with Crippen LogP contribution in [0.15, 0.2) is 59.5 Å². The minimum atomic E-state index is -3.87. The van der Waals surface area contributed by atoms with Crippen molar-refractivity contribution in [3.05, 3.63) is 76.2 Å². The van der Waals surface area contributed by atoms with E-state index in [4.69, 9.17) is 4.74 Å². The van der Waals surface area contributed by atoms with Crippen molar-refractivity contribution in [3.63, 3.8) is 0 Å². The van der Waals surface area contributed by atoms with Gasteiger partial charge in [-0.25, -0.2) is 13.2 Å². The van der Waals surface area contributed by atoms with Gasteiger partial charge in [-0.1, -0.05) is 30.3 Å². The Labute approximate surface area is 190 Å². The number of rotatable bonds is 6. The number of methoxy groups -OCH3 is 1. The third-order valence-corrected chi connectivity index (χ3v) is 7.85. The first-order valence-electron chi connectivity index (χ1n) is 10.1. The number of thiophene rings is 1. The van der Waals surface area contributed by atoms with Gasteiger partial charge in [0.2, 0.25) is 0 Å². The van der Waals surface area contributed by atoms with E-state index >= 15 is 0 Å². The van der Waals surface area contributed by atoms with Crippen molar-refractivity contribution in [3.8, 4) is 0 Å². The molecule has 0 atom stereocenters. The van der Waals surface area contributed by atoms with Crippen molar-refractivity contribution in [2.24, 2.45) is 0 Å². The second kappa shape index (κ2) is 9.13. The minimum absolute atomic E-state index is 0.0918. The number of ether oxygens (including phenoxy) is 1. The second-order valence-corrected chi connectivity index (χ2v) is 10.1. The normalized spacial score (nSPS) is 13.2. The third kappa shape index (κ3) is 4.39. The van der Waals surface area contributed by atoms with Crippen LogP contribution in [0, 0.1) is 0 Å². The van der Waals surface area contributed by atoms with Crippen LogP contribution in [-0.2, 0) is 27.6 Å². The van der Waals surface area contributed by atoms with Crippen LogP contribution >= 0.6 is 11.3 Å². The molecule has 0 aliphatic heterocycles. The SMILES string of the molecule is COC(=O)c1c(NC(=O)c2ccccc2NS(=O)(=O)c2ccccc2)sc2c1CCCC2. The smallest absolute Gasteiger partial charge is 0.341 e. The summed E-state index contributed by atoms with van der Waals surface area (Å²) in [6.07, 6.45) is 3.63. The number of hydrogen-bond acceptors (Lipinski definition) is 6. The molecule has 0 spiro atoms. The highest BCUT2D eigenvalue weighted by Gasteiger charge is 2.28. The van der Waals surface area contributed by atoms with Gasteiger partial charge in [-0.3, -0.25) is 9.52 Å². The molecule has 0 fully saturated rings. The molecule has 0 unspecified atom stereocenters. The standard InChI is InChI=1S/C23H22N2O5S2/c1-30-23(27)20-17-12-6-8-14-19(17)31-22(20)24-21(26)16-11-5-7-13-18(16)25-32(28,29)15-9-3-2-4-10-15/h2-5,7,9-11,13,25H,6,8,12,14H2,1H3,(H,24,26). The summed E-state index contributed by atoms with van der Waals surface area (Å²) in [4.78, 5) is 26.7. The summed E-state index contributed by atoms with van der Waals surface area (Å²) in [6, 6.07) is 14.3. The number of sulfonamides is 1. The van der Waals surface area contributed by atoms with Crippen LogP contribution in [0.25, 0.3) is 0 Å². The van der Waals surface area contributed by atoms with E-state index in [2.05, 4.69) is 10.0 Å². The van der Waals surface area contributed by atoms with Crippen LogP contribution in [0.4, 0.5) is 10.7 Å². The van der Waals surface area contributed by atoms with Crippen molar-refractivity contribution in [1.29, 1.82) is 0 Å². The molecule has 9 heteroatoms. The van der Waals surface area contributed by atoms with E-state index in [9.17, 15) is 18.0 Å². The van der Waals surface area contributed by atoms with Gasteiger partial charge in [-0.2, -0.15) is 0 Å². The fourth-order valence-electron chi connectivity index (χ4n) is 3.72. The van der Waals surface area contributed by atoms with E-state index in [-0.39, 0.29) is 16.1 Å². The highest BCUT2D eigenvalue weighted by Crippen LogP contribution is 2.39. The molecule has 1 amide bonds. The molecular formula is C23H22N2O5S2. The zero-order valence-electron chi connectivity index (χ0n) is 17.4. The minimum Gasteiger partial charge on any atom is -0.465 e. The molecule has 0 radical (unpaired) electrons. The molecule has 4 rings (SSSR count). The summed E-state index contributed by atoms with van der Waals surface area (Å²) in [7, 11) is -2.56. The lowest BCUT2D eigenvalue weighted by atomic mass is 9.95. The van der Waals surface area contributed by atoms with Crippen molar-refractivity contribution in [1.82, 2.24) is 0 Å². The average molecular weight is 471 g/mol. The lowest BCUT2D eigenvalue weighted by Crippen LogP contribution is -2.19. The fraction of sp³-hybridized carbons (Fsp3) is 0.217. The molecule has 0 saturated carbocycles. The number of hydrogen-bond donors (Lipinski definition) is 2. The monoisotopic (exact) mass is 470 g/mol. The predicted molar refractivity (Wildman–Crippen MR) is 124 cm³/mol. The zero-order chi connectivity index (χ0) is 22.7. The van der Waals surface area contributed by atoms with Crippen molar-refractivity contribution < 1.29 is 22.7 Å². The summed E-state index contributed by atoms with van der Waals surface area (Å²) in [5.41, 5.74) is 1.62. The van der Waals surface area contributed by atoms with Crippen LogP contribution in [0.3, 0.4) is 0 Å². The molecule has 1 aliphatic rings. The Balaban J connectivity index is 1.65. The first-order valence-corrected chi connectivity index (χ1v) is 12.4. The molecule has 0 saturated heterocycles. The van der Waals surface area contributed by atoms with E-state index < -0.39 is 21.9 Å². The predicted octanol–water partition coefficient (Wildman–Crippen LogP) is 4.47. The van der Waals surface area contributed by atoms with Gasteiger partial charge in [0.1, 0.15) is 5.00 Å². The molecule has 7 nitrogen and oxygen atoms in total. The van der Waals surface area contributed by atoms with Crippen molar-refractivity contribution in [2.75, 3.05) is 17.1 Å². The number of carbonyl (C=O) groups is 2. The maximum absolute atomic E-state index is 13.1. The van der Waals surface area contributed by atoms with E-state index in [1.165, 1.54) is 42.7 Å². The van der Waals surface area contributed by atoms with Crippen LogP contribution in [0.2, 0.25) is 0 Å². The average Bonchev–Trinajstić information content (AvgIpc) is 3.17. The summed E-state index contributed by atoms with van der Waals surface area (Å²) in [5.74, 6) is -1.00. The number of nitrogens with one attached hydrogen (secondary N) is 2. The topological polar surface area (TPSA) is 102 Å². The van der Waals surface area contributed by atoms with Gasteiger partial charge in [0, 0.05) is 4.88 Å². The number of aryl methyl sites for hydroxylation is 1. The highest BCUT2D eigenvalue weighted by atomic mass is 32.2. The number of fused-ring (bicyclic) bond motifs is 1. The second-order valence-electron chi connectivity index (χ2n) is 7.32. The first kappa shape index (κ1) is 22.0. The summed E-state index contributed by atoms with van der Waals surface area (Å²) in [6.45, 7) is 0. The Hall–Kier alpha value is -3.17. The van der Waals surface area contributed by atoms with Gasteiger partial charge in [-0.05, 0) is 55.5 Å². The molecular weight excluding hydrogens is 448 g/mol. The quantitative estimate of drug-likeness (QED) is 0.518. The van der Waals surface area contributed by atoms with Crippen molar-refractivity contribution >= 4 is 43.9 Å². The fourth-order valence-corrected chi connectivity index (χ4v) is 6.09. The summed E-state index contributed by atoms with van der Waals surface area (Å²) in [5, 5.41) is 3.23. The van der Waals surface area contributed by atoms with Gasteiger partial charge in [-0.15, -0.1) is 11.3 Å². The van der Waals surface area contributed by atoms with Gasteiger partial charge in [0.25, 0.3) is 15.9 Å². The van der Waals surface area contributed by atoms with E-state index in [1.54, 1.807) is 30.3 Å². The third-order valence-electron chi connectivity index (χ3n) is 5.26. The Morgan fingerprint density at radius 1 is 0.969 bits per heavy atom. The Kier molecular flexibility index (Phi) is 6.29. The van der Waals surface area contributed by atoms with Crippen molar-refractivity contribution in [2.45, 2.75) is 30.6 Å². The van der Waals surface area contributed by atoms with E-state index in [0.717, 1.165) is 36.1 Å². The Morgan fingerprint density at radius 3 is 2.41 bits per heavy atom. The first-order chi connectivity index (χ1) is 15.4.